The molecule has 1 aliphatic rings. The summed E-state index contributed by atoms with van der Waals surface area (Å²) in [6.07, 6.45) is 6.88. The molecular formula is C24H26N2O4. The van der Waals surface area contributed by atoms with E-state index in [0.717, 1.165) is 23.5 Å². The van der Waals surface area contributed by atoms with Crippen molar-refractivity contribution in [1.82, 2.24) is 9.97 Å². The summed E-state index contributed by atoms with van der Waals surface area (Å²) in [5.41, 5.74) is 2.96. The number of hydrogen-bond donors (Lipinski definition) is 0. The highest BCUT2D eigenvalue weighted by molar-refractivity contribution is 5.86. The Kier molecular flexibility index (Phi) is 5.84. The fourth-order valence-electron chi connectivity index (χ4n) is 3.56. The maximum atomic E-state index is 12.4. The number of hydrogen-bond acceptors (Lipinski definition) is 6. The molecule has 1 unspecified atom stereocenters. The van der Waals surface area contributed by atoms with E-state index in [0.29, 0.717) is 35.4 Å². The molecule has 0 N–H and O–H groups in total. The number of aryl methyl sites for hydroxylation is 1. The summed E-state index contributed by atoms with van der Waals surface area (Å²) < 4.78 is 17.1. The number of carbonyl (C=O) groups excluding carboxylic acids is 1. The Bertz CT molecular complexity index is 1040. The minimum absolute atomic E-state index is 0.0320. The molecule has 1 aliphatic carbocycles. The number of aromatic nitrogens is 2. The van der Waals surface area contributed by atoms with Crippen LogP contribution in [0.3, 0.4) is 0 Å². The lowest BCUT2D eigenvalue weighted by atomic mass is 9.94. The summed E-state index contributed by atoms with van der Waals surface area (Å²) in [5.74, 6) is 1.98. The fraction of sp³-hybridized carbons (Fsp3) is 0.375. The predicted octanol–water partition coefficient (Wildman–Crippen LogP) is 4.95. The van der Waals surface area contributed by atoms with E-state index in [2.05, 4.69) is 9.97 Å². The second-order valence-corrected chi connectivity index (χ2v) is 7.77. The van der Waals surface area contributed by atoms with Crippen LogP contribution < -0.4 is 9.47 Å². The van der Waals surface area contributed by atoms with Gasteiger partial charge in [-0.05, 0) is 56.0 Å². The van der Waals surface area contributed by atoms with Crippen LogP contribution in [0.25, 0.3) is 11.5 Å². The molecule has 4 rings (SSSR count). The van der Waals surface area contributed by atoms with Crippen molar-refractivity contribution in [1.29, 1.82) is 0 Å². The third-order valence-electron chi connectivity index (χ3n) is 5.44. The van der Waals surface area contributed by atoms with Gasteiger partial charge in [0, 0.05) is 11.8 Å². The van der Waals surface area contributed by atoms with Crippen molar-refractivity contribution in [3.8, 4) is 23.0 Å². The number of ketones is 1. The van der Waals surface area contributed by atoms with Gasteiger partial charge in [0.25, 0.3) is 0 Å². The first-order valence-corrected chi connectivity index (χ1v) is 10.3. The van der Waals surface area contributed by atoms with Crippen molar-refractivity contribution in [2.45, 2.75) is 39.0 Å². The second-order valence-electron chi connectivity index (χ2n) is 7.77. The largest absolute Gasteiger partial charge is 0.493 e. The molecule has 0 saturated heterocycles. The first kappa shape index (κ1) is 20.1. The van der Waals surface area contributed by atoms with Gasteiger partial charge in [0.15, 0.2) is 11.5 Å². The smallest absolute Gasteiger partial charge is 0.226 e. The molecule has 6 nitrogen and oxygen atoms in total. The standard InChI is InChI=1S/C24H26N2O4/c1-15-5-4-11-25-23(15)22(16(2)27)19-14-30-24(26-19)18-8-9-20(28-3)21(13-18)29-12-10-17-6-7-17/h4-5,8-9,11,13-14,17,22H,6-7,10,12H2,1-3H3. The molecule has 156 valence electrons. The van der Waals surface area contributed by atoms with Gasteiger partial charge in [0.1, 0.15) is 18.0 Å². The van der Waals surface area contributed by atoms with E-state index in [4.69, 9.17) is 13.9 Å². The summed E-state index contributed by atoms with van der Waals surface area (Å²) in [7, 11) is 1.62. The number of nitrogens with zero attached hydrogens (tertiary/aromatic N) is 2. The van der Waals surface area contributed by atoms with Gasteiger partial charge in [-0.15, -0.1) is 0 Å². The average Bonchev–Trinajstić information content (AvgIpc) is 3.44. The molecule has 0 amide bonds. The summed E-state index contributed by atoms with van der Waals surface area (Å²) in [6, 6.07) is 9.38. The molecule has 0 spiro atoms. The fourth-order valence-corrected chi connectivity index (χ4v) is 3.56. The van der Waals surface area contributed by atoms with Crippen LogP contribution >= 0.6 is 0 Å². The third-order valence-corrected chi connectivity index (χ3v) is 5.44. The summed E-state index contributed by atoms with van der Waals surface area (Å²) in [6.45, 7) is 4.15. The van der Waals surface area contributed by atoms with Crippen molar-refractivity contribution in [2.24, 2.45) is 5.92 Å². The highest BCUT2D eigenvalue weighted by atomic mass is 16.5. The molecule has 2 aromatic heterocycles. The van der Waals surface area contributed by atoms with Crippen LogP contribution in [0, 0.1) is 12.8 Å². The molecule has 1 saturated carbocycles. The number of carbonyl (C=O) groups is 1. The van der Waals surface area contributed by atoms with Gasteiger partial charge in [0.05, 0.1) is 25.1 Å². The van der Waals surface area contributed by atoms with Crippen LogP contribution in [-0.2, 0) is 4.79 Å². The number of ether oxygens (including phenoxy) is 2. The van der Waals surface area contributed by atoms with E-state index >= 15 is 0 Å². The van der Waals surface area contributed by atoms with Crippen molar-refractivity contribution in [3.05, 3.63) is 59.7 Å². The van der Waals surface area contributed by atoms with E-state index in [1.165, 1.54) is 19.1 Å². The molecule has 1 atom stereocenters. The van der Waals surface area contributed by atoms with Gasteiger partial charge in [-0.25, -0.2) is 4.98 Å². The van der Waals surface area contributed by atoms with E-state index in [1.54, 1.807) is 20.2 Å². The maximum absolute atomic E-state index is 12.4. The Morgan fingerprint density at radius 1 is 1.27 bits per heavy atom. The number of oxazole rings is 1. The Hall–Kier alpha value is -3.15. The molecular weight excluding hydrogens is 380 g/mol. The van der Waals surface area contributed by atoms with Crippen molar-refractivity contribution in [2.75, 3.05) is 13.7 Å². The van der Waals surface area contributed by atoms with E-state index < -0.39 is 5.92 Å². The van der Waals surface area contributed by atoms with Crippen LogP contribution in [0.5, 0.6) is 11.5 Å². The number of Topliss-reactive ketones (excluding diaryl/α,β-unsaturated/α-hetero) is 1. The molecule has 6 heteroatoms. The van der Waals surface area contributed by atoms with Crippen molar-refractivity contribution in [3.63, 3.8) is 0 Å². The van der Waals surface area contributed by atoms with Gasteiger partial charge >= 0.3 is 0 Å². The number of pyridine rings is 1. The first-order chi connectivity index (χ1) is 14.6. The van der Waals surface area contributed by atoms with Gasteiger partial charge in [-0.3, -0.25) is 9.78 Å². The molecule has 2 heterocycles. The quantitative estimate of drug-likeness (QED) is 0.500. The lowest BCUT2D eigenvalue weighted by Crippen LogP contribution is -2.14. The van der Waals surface area contributed by atoms with Crippen molar-refractivity contribution < 1.29 is 18.7 Å². The van der Waals surface area contributed by atoms with Gasteiger partial charge < -0.3 is 13.9 Å². The zero-order valence-corrected chi connectivity index (χ0v) is 17.6. The minimum atomic E-state index is -0.559. The molecule has 1 aromatic carbocycles. The van der Waals surface area contributed by atoms with Crippen LogP contribution in [0.15, 0.2) is 47.2 Å². The normalized spacial score (nSPS) is 14.4. The van der Waals surface area contributed by atoms with Crippen LogP contribution in [0.1, 0.15) is 49.1 Å². The Morgan fingerprint density at radius 2 is 2.10 bits per heavy atom. The van der Waals surface area contributed by atoms with Gasteiger partial charge in [-0.1, -0.05) is 18.9 Å². The summed E-state index contributed by atoms with van der Waals surface area (Å²) >= 11 is 0. The zero-order chi connectivity index (χ0) is 21.1. The van der Waals surface area contributed by atoms with Crippen LogP contribution in [0.2, 0.25) is 0 Å². The molecule has 3 aromatic rings. The summed E-state index contributed by atoms with van der Waals surface area (Å²) in [5, 5.41) is 0. The monoisotopic (exact) mass is 406 g/mol. The maximum Gasteiger partial charge on any atom is 0.226 e. The molecule has 0 bridgehead atoms. The lowest BCUT2D eigenvalue weighted by molar-refractivity contribution is -0.117. The highest BCUT2D eigenvalue weighted by Crippen LogP contribution is 2.36. The second kappa shape index (κ2) is 8.69. The van der Waals surface area contributed by atoms with E-state index in [9.17, 15) is 4.79 Å². The number of benzene rings is 1. The average molecular weight is 406 g/mol. The van der Waals surface area contributed by atoms with Crippen molar-refractivity contribution >= 4 is 5.78 Å². The van der Waals surface area contributed by atoms with E-state index in [-0.39, 0.29) is 5.78 Å². The lowest BCUT2D eigenvalue weighted by Gasteiger charge is -2.12. The molecule has 0 aliphatic heterocycles. The Labute approximate surface area is 176 Å². The highest BCUT2D eigenvalue weighted by Gasteiger charge is 2.26. The molecule has 30 heavy (non-hydrogen) atoms. The number of methoxy groups -OCH3 is 1. The summed E-state index contributed by atoms with van der Waals surface area (Å²) in [4.78, 5) is 21.4. The Morgan fingerprint density at radius 3 is 2.80 bits per heavy atom. The van der Waals surface area contributed by atoms with Crippen LogP contribution in [0.4, 0.5) is 0 Å². The predicted molar refractivity (Wildman–Crippen MR) is 113 cm³/mol. The minimum Gasteiger partial charge on any atom is -0.493 e. The zero-order valence-electron chi connectivity index (χ0n) is 17.6. The topological polar surface area (TPSA) is 74.5 Å². The molecule has 1 fully saturated rings. The SMILES string of the molecule is COc1ccc(-c2nc(C(C(C)=O)c3ncccc3C)co2)cc1OCCC1CC1. The number of rotatable bonds is 9. The van der Waals surface area contributed by atoms with Gasteiger partial charge in [0.2, 0.25) is 5.89 Å². The van der Waals surface area contributed by atoms with Gasteiger partial charge in [-0.2, -0.15) is 0 Å². The van der Waals surface area contributed by atoms with E-state index in [1.807, 2.05) is 37.3 Å². The molecule has 0 radical (unpaired) electrons. The van der Waals surface area contributed by atoms with Crippen LogP contribution in [-0.4, -0.2) is 29.5 Å². The Balaban J connectivity index is 1.60. The first-order valence-electron chi connectivity index (χ1n) is 10.3. The third kappa shape index (κ3) is 4.37.